The highest BCUT2D eigenvalue weighted by molar-refractivity contribution is 7.10. The van der Waals surface area contributed by atoms with Gasteiger partial charge in [0.2, 0.25) is 0 Å². The lowest BCUT2D eigenvalue weighted by Crippen LogP contribution is -2.11. The quantitative estimate of drug-likeness (QED) is 0.906. The van der Waals surface area contributed by atoms with Gasteiger partial charge in [0.15, 0.2) is 11.6 Å². The van der Waals surface area contributed by atoms with Crippen LogP contribution in [0.3, 0.4) is 0 Å². The van der Waals surface area contributed by atoms with Crippen molar-refractivity contribution in [2.24, 2.45) is 5.73 Å². The summed E-state index contributed by atoms with van der Waals surface area (Å²) in [4.78, 5) is 1.11. The normalized spacial score (nSPS) is 12.4. The van der Waals surface area contributed by atoms with Crippen LogP contribution < -0.4 is 10.5 Å². The number of thiophene rings is 1. The lowest BCUT2D eigenvalue weighted by molar-refractivity contribution is 0.386. The average molecular weight is 251 g/mol. The zero-order valence-corrected chi connectivity index (χ0v) is 10.3. The van der Waals surface area contributed by atoms with Gasteiger partial charge in [-0.15, -0.1) is 11.3 Å². The van der Waals surface area contributed by atoms with Gasteiger partial charge in [-0.3, -0.25) is 0 Å². The lowest BCUT2D eigenvalue weighted by Gasteiger charge is -2.10. The first-order valence-electron chi connectivity index (χ1n) is 5.32. The Morgan fingerprint density at radius 1 is 1.41 bits per heavy atom. The standard InChI is InChI=1S/C13H14FNOS/c1-16-12-5-4-9(7-10(12)14)8-11(15)13-3-2-6-17-13/h2-7,11H,8,15H2,1H3. The Bertz CT molecular complexity index is 484. The zero-order valence-electron chi connectivity index (χ0n) is 9.52. The summed E-state index contributed by atoms with van der Waals surface area (Å²) in [7, 11) is 1.45. The minimum atomic E-state index is -0.344. The van der Waals surface area contributed by atoms with Gasteiger partial charge in [0.1, 0.15) is 0 Å². The summed E-state index contributed by atoms with van der Waals surface area (Å²) in [5.74, 6) is -0.0816. The van der Waals surface area contributed by atoms with Crippen molar-refractivity contribution in [2.45, 2.75) is 12.5 Å². The van der Waals surface area contributed by atoms with E-state index in [2.05, 4.69) is 0 Å². The van der Waals surface area contributed by atoms with E-state index in [1.807, 2.05) is 23.6 Å². The fourth-order valence-corrected chi connectivity index (χ4v) is 2.42. The summed E-state index contributed by atoms with van der Waals surface area (Å²) in [6.07, 6.45) is 0.626. The minimum absolute atomic E-state index is 0.0807. The minimum Gasteiger partial charge on any atom is -0.494 e. The van der Waals surface area contributed by atoms with Gasteiger partial charge in [-0.1, -0.05) is 12.1 Å². The van der Waals surface area contributed by atoms with E-state index in [1.54, 1.807) is 17.4 Å². The zero-order chi connectivity index (χ0) is 12.3. The molecule has 0 spiro atoms. The van der Waals surface area contributed by atoms with Gasteiger partial charge in [-0.25, -0.2) is 4.39 Å². The van der Waals surface area contributed by atoms with Crippen LogP contribution in [0.25, 0.3) is 0 Å². The Hall–Kier alpha value is -1.39. The molecular weight excluding hydrogens is 237 g/mol. The van der Waals surface area contributed by atoms with Gasteiger partial charge in [-0.2, -0.15) is 0 Å². The van der Waals surface area contributed by atoms with Crippen molar-refractivity contribution in [3.8, 4) is 5.75 Å². The third-order valence-corrected chi connectivity index (χ3v) is 3.58. The number of hydrogen-bond acceptors (Lipinski definition) is 3. The molecule has 0 saturated carbocycles. The van der Waals surface area contributed by atoms with Crippen LogP contribution in [0, 0.1) is 5.82 Å². The van der Waals surface area contributed by atoms with Crippen molar-refractivity contribution in [3.63, 3.8) is 0 Å². The van der Waals surface area contributed by atoms with Crippen LogP contribution in [0.5, 0.6) is 5.75 Å². The predicted molar refractivity (Wildman–Crippen MR) is 67.9 cm³/mol. The molecule has 0 amide bonds. The largest absolute Gasteiger partial charge is 0.494 e. The van der Waals surface area contributed by atoms with Gasteiger partial charge in [0.05, 0.1) is 7.11 Å². The van der Waals surface area contributed by atoms with Crippen LogP contribution in [0.2, 0.25) is 0 Å². The molecule has 1 unspecified atom stereocenters. The first kappa shape index (κ1) is 12.1. The Balaban J connectivity index is 2.11. The number of nitrogens with two attached hydrogens (primary N) is 1. The molecule has 90 valence electrons. The van der Waals surface area contributed by atoms with Crippen LogP contribution in [0.4, 0.5) is 4.39 Å². The number of benzene rings is 1. The highest BCUT2D eigenvalue weighted by atomic mass is 32.1. The van der Waals surface area contributed by atoms with Crippen molar-refractivity contribution in [1.82, 2.24) is 0 Å². The Labute approximate surface area is 104 Å². The van der Waals surface area contributed by atoms with Crippen LogP contribution in [0.15, 0.2) is 35.7 Å². The SMILES string of the molecule is COc1ccc(CC(N)c2cccs2)cc1F. The number of ether oxygens (including phenoxy) is 1. The van der Waals surface area contributed by atoms with Crippen molar-refractivity contribution in [2.75, 3.05) is 7.11 Å². The van der Waals surface area contributed by atoms with Crippen LogP contribution in [-0.2, 0) is 6.42 Å². The second-order valence-corrected chi connectivity index (χ2v) is 4.77. The molecule has 2 rings (SSSR count). The molecule has 4 heteroatoms. The molecule has 0 fully saturated rings. The van der Waals surface area contributed by atoms with Crippen molar-refractivity contribution in [3.05, 3.63) is 52.0 Å². The van der Waals surface area contributed by atoms with Gasteiger partial charge in [0.25, 0.3) is 0 Å². The predicted octanol–water partition coefficient (Wildman–Crippen LogP) is 3.14. The summed E-state index contributed by atoms with van der Waals surface area (Å²) >= 11 is 1.62. The molecule has 1 aromatic heterocycles. The van der Waals surface area contributed by atoms with E-state index < -0.39 is 0 Å². The topological polar surface area (TPSA) is 35.2 Å². The van der Waals surface area contributed by atoms with E-state index in [-0.39, 0.29) is 17.6 Å². The molecule has 0 aliphatic carbocycles. The fourth-order valence-electron chi connectivity index (χ4n) is 1.69. The van der Waals surface area contributed by atoms with E-state index in [0.717, 1.165) is 10.4 Å². The Morgan fingerprint density at radius 2 is 2.24 bits per heavy atom. The maximum atomic E-state index is 13.5. The van der Waals surface area contributed by atoms with Crippen molar-refractivity contribution >= 4 is 11.3 Å². The third kappa shape index (κ3) is 2.84. The van der Waals surface area contributed by atoms with Crippen molar-refractivity contribution in [1.29, 1.82) is 0 Å². The fraction of sp³-hybridized carbons (Fsp3) is 0.231. The molecular formula is C13H14FNOS. The number of halogens is 1. The maximum absolute atomic E-state index is 13.5. The monoisotopic (exact) mass is 251 g/mol. The molecule has 0 aliphatic heterocycles. The van der Waals surface area contributed by atoms with E-state index >= 15 is 0 Å². The summed E-state index contributed by atoms with van der Waals surface area (Å²) in [5.41, 5.74) is 6.93. The third-order valence-electron chi connectivity index (χ3n) is 2.58. The highest BCUT2D eigenvalue weighted by Gasteiger charge is 2.10. The second kappa shape index (κ2) is 5.29. The smallest absolute Gasteiger partial charge is 0.165 e. The summed E-state index contributed by atoms with van der Waals surface area (Å²) in [6, 6.07) is 8.83. The van der Waals surface area contributed by atoms with Crippen LogP contribution in [-0.4, -0.2) is 7.11 Å². The van der Waals surface area contributed by atoms with E-state index in [4.69, 9.17) is 10.5 Å². The molecule has 1 aromatic carbocycles. The molecule has 2 N–H and O–H groups in total. The summed E-state index contributed by atoms with van der Waals surface area (Å²) in [6.45, 7) is 0. The highest BCUT2D eigenvalue weighted by Crippen LogP contribution is 2.23. The summed E-state index contributed by atoms with van der Waals surface area (Å²) in [5, 5.41) is 1.99. The van der Waals surface area contributed by atoms with E-state index in [9.17, 15) is 4.39 Å². The van der Waals surface area contributed by atoms with Crippen LogP contribution in [0.1, 0.15) is 16.5 Å². The molecule has 1 heterocycles. The van der Waals surface area contributed by atoms with E-state index in [0.29, 0.717) is 6.42 Å². The number of rotatable bonds is 4. The molecule has 2 aromatic rings. The Kier molecular flexibility index (Phi) is 3.76. The number of hydrogen-bond donors (Lipinski definition) is 1. The second-order valence-electron chi connectivity index (χ2n) is 3.79. The van der Waals surface area contributed by atoms with E-state index in [1.165, 1.54) is 13.2 Å². The van der Waals surface area contributed by atoms with Gasteiger partial charge in [0, 0.05) is 10.9 Å². The van der Waals surface area contributed by atoms with Crippen LogP contribution >= 0.6 is 11.3 Å². The van der Waals surface area contributed by atoms with Gasteiger partial charge < -0.3 is 10.5 Å². The molecule has 17 heavy (non-hydrogen) atoms. The Morgan fingerprint density at radius 3 is 2.82 bits per heavy atom. The molecule has 0 saturated heterocycles. The molecule has 1 atom stereocenters. The first-order chi connectivity index (χ1) is 8.20. The van der Waals surface area contributed by atoms with Gasteiger partial charge in [-0.05, 0) is 35.6 Å². The summed E-state index contributed by atoms with van der Waals surface area (Å²) < 4.78 is 18.4. The first-order valence-corrected chi connectivity index (χ1v) is 6.20. The lowest BCUT2D eigenvalue weighted by atomic mass is 10.1. The molecule has 0 bridgehead atoms. The number of methoxy groups -OCH3 is 1. The molecule has 0 aliphatic rings. The van der Waals surface area contributed by atoms with Crippen molar-refractivity contribution < 1.29 is 9.13 Å². The molecule has 0 radical (unpaired) electrons. The molecule has 2 nitrogen and oxygen atoms in total. The van der Waals surface area contributed by atoms with Gasteiger partial charge >= 0.3 is 0 Å². The maximum Gasteiger partial charge on any atom is 0.165 e. The average Bonchev–Trinajstić information content (AvgIpc) is 2.82.